The molecular formula is C21H15F3O2. The average Bonchev–Trinajstić information content (AvgIpc) is 2.62. The van der Waals surface area contributed by atoms with Crippen molar-refractivity contribution in [1.29, 1.82) is 0 Å². The van der Waals surface area contributed by atoms with Gasteiger partial charge >= 0.3 is 5.97 Å². The van der Waals surface area contributed by atoms with Crippen LogP contribution in [0, 0.1) is 17.5 Å². The number of allylic oxidation sites excluding steroid dienone is 1. The predicted molar refractivity (Wildman–Crippen MR) is 93.7 cm³/mol. The zero-order valence-corrected chi connectivity index (χ0v) is 13.8. The maximum absolute atomic E-state index is 14.1. The Morgan fingerprint density at radius 2 is 1.62 bits per heavy atom. The lowest BCUT2D eigenvalue weighted by molar-refractivity contribution is 0.0720. The number of carbonyl (C=O) groups excluding carboxylic acids is 1. The number of hydrogen-bond donors (Lipinski definition) is 0. The lowest BCUT2D eigenvalue weighted by Crippen LogP contribution is -2.11. The number of rotatable bonds is 5. The minimum absolute atomic E-state index is 0.110. The van der Waals surface area contributed by atoms with Crippen molar-refractivity contribution < 1.29 is 22.7 Å². The van der Waals surface area contributed by atoms with Crippen LogP contribution >= 0.6 is 0 Å². The summed E-state index contributed by atoms with van der Waals surface area (Å²) in [6.07, 6.45) is 2.66. The molecule has 0 aliphatic rings. The number of halogens is 3. The molecule has 132 valence electrons. The maximum atomic E-state index is 14.1. The Bertz CT molecular complexity index is 973. The second-order valence-electron chi connectivity index (χ2n) is 5.81. The highest BCUT2D eigenvalue weighted by Crippen LogP contribution is 2.26. The van der Waals surface area contributed by atoms with E-state index in [0.29, 0.717) is 29.2 Å². The number of fused-ring (bicyclic) bond motifs is 1. The third-order valence-electron chi connectivity index (χ3n) is 3.93. The molecule has 0 atom stereocenters. The molecule has 0 bridgehead atoms. The molecule has 0 spiro atoms. The fraction of sp³-hybridized carbons (Fsp3) is 0.0952. The van der Waals surface area contributed by atoms with Gasteiger partial charge in [-0.3, -0.25) is 0 Å². The van der Waals surface area contributed by atoms with Gasteiger partial charge in [-0.1, -0.05) is 18.2 Å². The van der Waals surface area contributed by atoms with E-state index in [1.54, 1.807) is 12.1 Å². The second kappa shape index (κ2) is 7.44. The van der Waals surface area contributed by atoms with Crippen LogP contribution in [0.2, 0.25) is 0 Å². The molecule has 0 saturated carbocycles. The summed E-state index contributed by atoms with van der Waals surface area (Å²) in [6.45, 7) is 3.56. The first-order valence-electron chi connectivity index (χ1n) is 7.98. The van der Waals surface area contributed by atoms with E-state index in [0.717, 1.165) is 12.1 Å². The summed E-state index contributed by atoms with van der Waals surface area (Å²) in [4.78, 5) is 12.2. The van der Waals surface area contributed by atoms with E-state index in [1.807, 2.05) is 0 Å². The molecule has 0 unspecified atom stereocenters. The topological polar surface area (TPSA) is 26.3 Å². The summed E-state index contributed by atoms with van der Waals surface area (Å²) in [7, 11) is 0. The minimum Gasteiger partial charge on any atom is -0.417 e. The Hall–Kier alpha value is -3.08. The lowest BCUT2D eigenvalue weighted by Gasteiger charge is -2.09. The molecule has 0 aliphatic heterocycles. The molecule has 5 heteroatoms. The van der Waals surface area contributed by atoms with Crippen LogP contribution in [-0.4, -0.2) is 5.97 Å². The van der Waals surface area contributed by atoms with Crippen LogP contribution in [0.15, 0.2) is 61.2 Å². The van der Waals surface area contributed by atoms with Crippen LogP contribution in [0.5, 0.6) is 5.75 Å². The molecule has 2 nitrogen and oxygen atoms in total. The summed E-state index contributed by atoms with van der Waals surface area (Å²) in [5.41, 5.74) is 0.561. The number of benzene rings is 3. The zero-order chi connectivity index (χ0) is 18.7. The number of esters is 1. The standard InChI is InChI=1S/C21H15F3O2/c1-2-3-4-13-9-18(23)20(19(24)10-13)26-21(25)16-6-5-15-12-17(22)8-7-14(15)11-16/h2,5-12H,1,3-4H2. The normalized spacial score (nSPS) is 10.7. The van der Waals surface area contributed by atoms with Gasteiger partial charge in [-0.05, 0) is 65.6 Å². The Labute approximate surface area is 148 Å². The molecule has 0 fully saturated rings. The first-order valence-corrected chi connectivity index (χ1v) is 7.98. The number of hydrogen-bond acceptors (Lipinski definition) is 2. The van der Waals surface area contributed by atoms with Gasteiger partial charge in [0.1, 0.15) is 5.82 Å². The van der Waals surface area contributed by atoms with Gasteiger partial charge in [0.2, 0.25) is 5.75 Å². The van der Waals surface area contributed by atoms with Crippen LogP contribution in [0.25, 0.3) is 10.8 Å². The van der Waals surface area contributed by atoms with E-state index in [9.17, 15) is 18.0 Å². The van der Waals surface area contributed by atoms with Crippen LogP contribution in [0.1, 0.15) is 22.3 Å². The van der Waals surface area contributed by atoms with Crippen LogP contribution in [-0.2, 0) is 6.42 Å². The van der Waals surface area contributed by atoms with Gasteiger partial charge in [0.05, 0.1) is 5.56 Å². The molecule has 0 saturated heterocycles. The summed E-state index contributed by atoms with van der Waals surface area (Å²) < 4.78 is 46.4. The van der Waals surface area contributed by atoms with E-state index >= 15 is 0 Å². The Balaban J connectivity index is 1.85. The third kappa shape index (κ3) is 3.77. The molecule has 3 aromatic rings. The SMILES string of the molecule is C=CCCc1cc(F)c(OC(=O)c2ccc3cc(F)ccc3c2)c(F)c1. The number of carbonyl (C=O) groups is 1. The van der Waals surface area contributed by atoms with E-state index in [-0.39, 0.29) is 5.56 Å². The van der Waals surface area contributed by atoms with Crippen molar-refractivity contribution in [3.8, 4) is 5.75 Å². The number of ether oxygens (including phenoxy) is 1. The number of aryl methyl sites for hydroxylation is 1. The van der Waals surface area contributed by atoms with Gasteiger partial charge in [-0.15, -0.1) is 6.58 Å². The van der Waals surface area contributed by atoms with Crippen molar-refractivity contribution in [2.75, 3.05) is 0 Å². The highest BCUT2D eigenvalue weighted by molar-refractivity contribution is 5.96. The molecule has 0 radical (unpaired) electrons. The Kier molecular flexibility index (Phi) is 5.07. The smallest absolute Gasteiger partial charge is 0.343 e. The second-order valence-corrected chi connectivity index (χ2v) is 5.81. The molecule has 0 aromatic heterocycles. The summed E-state index contributed by atoms with van der Waals surface area (Å²) >= 11 is 0. The fourth-order valence-electron chi connectivity index (χ4n) is 2.62. The van der Waals surface area contributed by atoms with Crippen molar-refractivity contribution in [2.24, 2.45) is 0 Å². The Morgan fingerprint density at radius 1 is 0.962 bits per heavy atom. The quantitative estimate of drug-likeness (QED) is 0.338. The average molecular weight is 356 g/mol. The van der Waals surface area contributed by atoms with Gasteiger partial charge in [0, 0.05) is 0 Å². The zero-order valence-electron chi connectivity index (χ0n) is 13.8. The van der Waals surface area contributed by atoms with Gasteiger partial charge in [0.25, 0.3) is 0 Å². The molecule has 3 aromatic carbocycles. The van der Waals surface area contributed by atoms with Crippen LogP contribution in [0.3, 0.4) is 0 Å². The molecule has 3 rings (SSSR count). The van der Waals surface area contributed by atoms with E-state index in [1.165, 1.54) is 30.3 Å². The molecule has 0 heterocycles. The Morgan fingerprint density at radius 3 is 2.31 bits per heavy atom. The van der Waals surface area contributed by atoms with Crippen LogP contribution in [0.4, 0.5) is 13.2 Å². The van der Waals surface area contributed by atoms with E-state index in [2.05, 4.69) is 6.58 Å². The molecule has 0 aliphatic carbocycles. The van der Waals surface area contributed by atoms with Gasteiger partial charge in [-0.25, -0.2) is 18.0 Å². The largest absolute Gasteiger partial charge is 0.417 e. The summed E-state index contributed by atoms with van der Waals surface area (Å²) in [5, 5.41) is 1.21. The van der Waals surface area contributed by atoms with Crippen molar-refractivity contribution in [2.45, 2.75) is 12.8 Å². The molecule has 0 amide bonds. The van der Waals surface area contributed by atoms with Gasteiger partial charge < -0.3 is 4.74 Å². The van der Waals surface area contributed by atoms with E-state index < -0.39 is 29.2 Å². The first-order chi connectivity index (χ1) is 12.5. The molecular weight excluding hydrogens is 341 g/mol. The third-order valence-corrected chi connectivity index (χ3v) is 3.93. The van der Waals surface area contributed by atoms with Crippen molar-refractivity contribution in [3.05, 3.63) is 89.8 Å². The molecule has 26 heavy (non-hydrogen) atoms. The maximum Gasteiger partial charge on any atom is 0.343 e. The van der Waals surface area contributed by atoms with Crippen LogP contribution < -0.4 is 4.74 Å². The van der Waals surface area contributed by atoms with Gasteiger partial charge in [0.15, 0.2) is 11.6 Å². The van der Waals surface area contributed by atoms with Gasteiger partial charge in [-0.2, -0.15) is 0 Å². The minimum atomic E-state index is -0.944. The fourth-order valence-corrected chi connectivity index (χ4v) is 2.62. The van der Waals surface area contributed by atoms with Crippen molar-refractivity contribution >= 4 is 16.7 Å². The van der Waals surface area contributed by atoms with E-state index in [4.69, 9.17) is 4.74 Å². The predicted octanol–water partition coefficient (Wildman–Crippen LogP) is 5.59. The highest BCUT2D eigenvalue weighted by Gasteiger charge is 2.18. The summed E-state index contributed by atoms with van der Waals surface area (Å²) in [6, 6.07) is 10.8. The first kappa shape index (κ1) is 17.7. The highest BCUT2D eigenvalue weighted by atomic mass is 19.1. The van der Waals surface area contributed by atoms with Crippen molar-refractivity contribution in [1.82, 2.24) is 0 Å². The molecule has 0 N–H and O–H groups in total. The van der Waals surface area contributed by atoms with Crippen molar-refractivity contribution in [3.63, 3.8) is 0 Å². The summed E-state index contributed by atoms with van der Waals surface area (Å²) in [5.74, 6) is -3.92. The lowest BCUT2D eigenvalue weighted by atomic mass is 10.1. The monoisotopic (exact) mass is 356 g/mol.